The van der Waals surface area contributed by atoms with Crippen molar-refractivity contribution in [1.82, 2.24) is 0 Å². The van der Waals surface area contributed by atoms with Gasteiger partial charge in [-0.25, -0.2) is 0 Å². The lowest BCUT2D eigenvalue weighted by atomic mass is 10.3. The zero-order valence-corrected chi connectivity index (χ0v) is 12.0. The number of hydrogen-bond acceptors (Lipinski definition) is 4. The van der Waals surface area contributed by atoms with E-state index in [9.17, 15) is 9.00 Å². The molecule has 1 atom stereocenters. The Hall–Kier alpha value is -2.08. The van der Waals surface area contributed by atoms with Crippen molar-refractivity contribution in [3.8, 4) is 5.75 Å². The fourth-order valence-corrected chi connectivity index (χ4v) is 2.78. The molecule has 0 radical (unpaired) electrons. The maximum atomic E-state index is 12.0. The number of rotatable bonds is 5. The molecule has 1 aromatic carbocycles. The van der Waals surface area contributed by atoms with Crippen molar-refractivity contribution in [2.75, 3.05) is 18.2 Å². The number of carbonyl (C=O) groups is 1. The second-order valence-electron chi connectivity index (χ2n) is 4.08. The van der Waals surface area contributed by atoms with Gasteiger partial charge in [-0.05, 0) is 25.1 Å². The van der Waals surface area contributed by atoms with Crippen LogP contribution in [0, 0.1) is 6.92 Å². The van der Waals surface area contributed by atoms with E-state index in [1.807, 2.05) is 6.07 Å². The SMILES string of the molecule is COc1ccccc1NC(=O)C[S@](=O)c1ccoc1C. The minimum Gasteiger partial charge on any atom is -0.495 e. The van der Waals surface area contributed by atoms with Gasteiger partial charge < -0.3 is 14.5 Å². The zero-order chi connectivity index (χ0) is 14.5. The first kappa shape index (κ1) is 14.3. The number of carbonyl (C=O) groups excluding carboxylic acids is 1. The average Bonchev–Trinajstić information content (AvgIpc) is 2.85. The maximum absolute atomic E-state index is 12.0. The maximum Gasteiger partial charge on any atom is 0.237 e. The topological polar surface area (TPSA) is 68.5 Å². The van der Waals surface area contributed by atoms with E-state index in [0.717, 1.165) is 0 Å². The van der Waals surface area contributed by atoms with E-state index in [-0.39, 0.29) is 11.7 Å². The number of anilines is 1. The van der Waals surface area contributed by atoms with Crippen LogP contribution < -0.4 is 10.1 Å². The number of amides is 1. The molecule has 1 aromatic heterocycles. The van der Waals surface area contributed by atoms with Crippen LogP contribution >= 0.6 is 0 Å². The van der Waals surface area contributed by atoms with Crippen molar-refractivity contribution in [2.45, 2.75) is 11.8 Å². The summed E-state index contributed by atoms with van der Waals surface area (Å²) in [6, 6.07) is 8.67. The zero-order valence-electron chi connectivity index (χ0n) is 11.2. The third-order valence-electron chi connectivity index (χ3n) is 2.70. The van der Waals surface area contributed by atoms with Crippen LogP contribution in [0.3, 0.4) is 0 Å². The number of methoxy groups -OCH3 is 1. The molecular weight excluding hydrogens is 278 g/mol. The summed E-state index contributed by atoms with van der Waals surface area (Å²) in [5, 5.41) is 2.69. The molecule has 0 aliphatic carbocycles. The van der Waals surface area contributed by atoms with E-state index in [0.29, 0.717) is 22.1 Å². The molecule has 5 nitrogen and oxygen atoms in total. The predicted molar refractivity (Wildman–Crippen MR) is 76.3 cm³/mol. The van der Waals surface area contributed by atoms with Gasteiger partial charge in [0.2, 0.25) is 5.91 Å². The molecule has 0 spiro atoms. The fourth-order valence-electron chi connectivity index (χ4n) is 1.74. The Balaban J connectivity index is 2.03. The van der Waals surface area contributed by atoms with Crippen LogP contribution in [0.2, 0.25) is 0 Å². The Bertz CT molecular complexity index is 636. The van der Waals surface area contributed by atoms with E-state index in [1.54, 1.807) is 31.2 Å². The predicted octanol–water partition coefficient (Wildman–Crippen LogP) is 2.34. The molecule has 2 aromatic rings. The van der Waals surface area contributed by atoms with Crippen LogP contribution in [0.25, 0.3) is 0 Å². The van der Waals surface area contributed by atoms with Gasteiger partial charge in [0.15, 0.2) is 0 Å². The molecule has 0 saturated heterocycles. The van der Waals surface area contributed by atoms with Crippen LogP contribution in [-0.2, 0) is 15.6 Å². The number of ether oxygens (including phenoxy) is 1. The summed E-state index contributed by atoms with van der Waals surface area (Å²) in [7, 11) is 0.103. The fraction of sp³-hybridized carbons (Fsp3) is 0.214. The smallest absolute Gasteiger partial charge is 0.237 e. The monoisotopic (exact) mass is 293 g/mol. The second kappa shape index (κ2) is 6.38. The first-order valence-electron chi connectivity index (χ1n) is 5.97. The highest BCUT2D eigenvalue weighted by Crippen LogP contribution is 2.23. The summed E-state index contributed by atoms with van der Waals surface area (Å²) in [6.07, 6.45) is 1.46. The number of benzene rings is 1. The minimum absolute atomic E-state index is 0.127. The molecule has 2 rings (SSSR count). The summed E-state index contributed by atoms with van der Waals surface area (Å²) >= 11 is 0. The lowest BCUT2D eigenvalue weighted by Gasteiger charge is -2.09. The van der Waals surface area contributed by atoms with Gasteiger partial charge in [-0.15, -0.1) is 0 Å². The van der Waals surface area contributed by atoms with Gasteiger partial charge in [0.05, 0.1) is 34.8 Å². The number of hydrogen-bond donors (Lipinski definition) is 1. The van der Waals surface area contributed by atoms with Gasteiger partial charge in [0, 0.05) is 0 Å². The van der Waals surface area contributed by atoms with Crippen molar-refractivity contribution >= 4 is 22.4 Å². The van der Waals surface area contributed by atoms with E-state index < -0.39 is 10.8 Å². The lowest BCUT2D eigenvalue weighted by molar-refractivity contribution is -0.113. The van der Waals surface area contributed by atoms with Crippen molar-refractivity contribution in [3.63, 3.8) is 0 Å². The molecule has 1 amide bonds. The normalized spacial score (nSPS) is 11.9. The Labute approximate surface area is 119 Å². The van der Waals surface area contributed by atoms with E-state index in [1.165, 1.54) is 13.4 Å². The van der Waals surface area contributed by atoms with Crippen LogP contribution in [0.15, 0.2) is 45.9 Å². The van der Waals surface area contributed by atoms with E-state index in [4.69, 9.17) is 9.15 Å². The Kier molecular flexibility index (Phi) is 4.57. The summed E-state index contributed by atoms with van der Waals surface area (Å²) in [4.78, 5) is 12.4. The molecule has 6 heteroatoms. The quantitative estimate of drug-likeness (QED) is 0.918. The molecule has 0 aliphatic rings. The van der Waals surface area contributed by atoms with Crippen LogP contribution in [0.4, 0.5) is 5.69 Å². The highest BCUT2D eigenvalue weighted by molar-refractivity contribution is 7.85. The van der Waals surface area contributed by atoms with Crippen molar-refractivity contribution in [2.24, 2.45) is 0 Å². The standard InChI is InChI=1S/C14H15NO4S/c1-10-13(7-8-19-10)20(17)9-14(16)15-11-5-3-4-6-12(11)18-2/h3-8H,9H2,1-2H3,(H,15,16)/t20-/m0/s1. The largest absolute Gasteiger partial charge is 0.495 e. The van der Waals surface area contributed by atoms with Crippen molar-refractivity contribution in [3.05, 3.63) is 42.4 Å². The third kappa shape index (κ3) is 3.27. The molecule has 20 heavy (non-hydrogen) atoms. The molecule has 0 saturated carbocycles. The molecular formula is C14H15NO4S. The molecule has 0 aliphatic heterocycles. The molecule has 0 fully saturated rings. The molecule has 0 bridgehead atoms. The highest BCUT2D eigenvalue weighted by Gasteiger charge is 2.15. The first-order valence-corrected chi connectivity index (χ1v) is 7.29. The van der Waals surface area contributed by atoms with Gasteiger partial charge >= 0.3 is 0 Å². The van der Waals surface area contributed by atoms with Crippen molar-refractivity contribution < 1.29 is 18.2 Å². The summed E-state index contributed by atoms with van der Waals surface area (Å²) in [5.74, 6) is 0.659. The average molecular weight is 293 g/mol. The summed E-state index contributed by atoms with van der Waals surface area (Å²) < 4.78 is 22.3. The number of furan rings is 1. The minimum atomic E-state index is -1.42. The highest BCUT2D eigenvalue weighted by atomic mass is 32.2. The summed E-state index contributed by atoms with van der Waals surface area (Å²) in [6.45, 7) is 1.71. The lowest BCUT2D eigenvalue weighted by Crippen LogP contribution is -2.20. The number of nitrogens with one attached hydrogen (secondary N) is 1. The van der Waals surface area contributed by atoms with E-state index >= 15 is 0 Å². The molecule has 1 N–H and O–H groups in total. The van der Waals surface area contributed by atoms with Gasteiger partial charge in [-0.2, -0.15) is 0 Å². The molecule has 106 valence electrons. The van der Waals surface area contributed by atoms with Gasteiger partial charge in [0.1, 0.15) is 17.3 Å². The Morgan fingerprint density at radius 3 is 2.75 bits per heavy atom. The van der Waals surface area contributed by atoms with Gasteiger partial charge in [0.25, 0.3) is 0 Å². The second-order valence-corrected chi connectivity index (χ2v) is 5.50. The van der Waals surface area contributed by atoms with Crippen LogP contribution in [0.1, 0.15) is 5.76 Å². The third-order valence-corrected chi connectivity index (χ3v) is 4.14. The number of aryl methyl sites for hydroxylation is 1. The van der Waals surface area contributed by atoms with Crippen LogP contribution in [0.5, 0.6) is 5.75 Å². The molecule has 0 unspecified atom stereocenters. The number of para-hydroxylation sites is 2. The van der Waals surface area contributed by atoms with E-state index in [2.05, 4.69) is 5.32 Å². The first-order chi connectivity index (χ1) is 9.61. The summed E-state index contributed by atoms with van der Waals surface area (Å²) in [5.41, 5.74) is 0.556. The molecule has 1 heterocycles. The van der Waals surface area contributed by atoms with Crippen LogP contribution in [-0.4, -0.2) is 23.0 Å². The Morgan fingerprint density at radius 1 is 1.35 bits per heavy atom. The Morgan fingerprint density at radius 2 is 2.10 bits per heavy atom. The van der Waals surface area contributed by atoms with Gasteiger partial charge in [-0.3, -0.25) is 9.00 Å². The van der Waals surface area contributed by atoms with Crippen molar-refractivity contribution in [1.29, 1.82) is 0 Å². The van der Waals surface area contributed by atoms with Gasteiger partial charge in [-0.1, -0.05) is 12.1 Å².